The van der Waals surface area contributed by atoms with Crippen molar-refractivity contribution in [3.05, 3.63) is 30.3 Å². The molecule has 0 fully saturated rings. The summed E-state index contributed by atoms with van der Waals surface area (Å²) in [6.45, 7) is 0. The summed E-state index contributed by atoms with van der Waals surface area (Å²) in [5.74, 6) is 1.45. The average molecular weight is 180 g/mol. The van der Waals surface area contributed by atoms with Crippen LogP contribution in [0.2, 0.25) is 0 Å². The molecule has 0 saturated heterocycles. The number of nitrogens with two attached hydrogens (primary N) is 1. The normalized spacial score (nSPS) is 11.6. The lowest BCUT2D eigenvalue weighted by Crippen LogP contribution is -2.13. The van der Waals surface area contributed by atoms with Crippen molar-refractivity contribution in [3.63, 3.8) is 0 Å². The van der Waals surface area contributed by atoms with Crippen LogP contribution in [0.1, 0.15) is 0 Å². The molecule has 1 aromatic carbocycles. The van der Waals surface area contributed by atoms with E-state index < -0.39 is 0 Å². The molecule has 1 aromatic rings. The number of benzene rings is 1. The Balaban J connectivity index is 2.44. The van der Waals surface area contributed by atoms with Gasteiger partial charge in [-0.3, -0.25) is 4.99 Å². The molecule has 0 bridgehead atoms. The maximum absolute atomic E-state index is 5.55. The quantitative estimate of drug-likeness (QED) is 0.437. The number of hydrogen-bond acceptors (Lipinski definition) is 2. The van der Waals surface area contributed by atoms with Gasteiger partial charge in [0.05, 0.1) is 5.75 Å². The summed E-state index contributed by atoms with van der Waals surface area (Å²) in [6, 6.07) is 10.2. The number of thioether (sulfide) groups is 1. The largest absolute Gasteiger partial charge is 0.387 e. The third kappa shape index (κ3) is 2.96. The van der Waals surface area contributed by atoms with Crippen molar-refractivity contribution in [3.8, 4) is 0 Å². The van der Waals surface area contributed by atoms with Crippen molar-refractivity contribution >= 4 is 17.6 Å². The summed E-state index contributed by atoms with van der Waals surface area (Å²) in [7, 11) is 1.71. The Labute approximate surface area is 76.9 Å². The Hall–Kier alpha value is -0.960. The summed E-state index contributed by atoms with van der Waals surface area (Å²) in [4.78, 5) is 5.10. The first kappa shape index (κ1) is 9.13. The molecule has 0 aromatic heterocycles. The lowest BCUT2D eigenvalue weighted by atomic mass is 10.4. The first-order chi connectivity index (χ1) is 5.83. The second kappa shape index (κ2) is 4.83. The Morgan fingerprint density at radius 1 is 1.42 bits per heavy atom. The van der Waals surface area contributed by atoms with Crippen molar-refractivity contribution in [2.45, 2.75) is 4.90 Å². The van der Waals surface area contributed by atoms with Crippen LogP contribution in [0.15, 0.2) is 40.2 Å². The SMILES string of the molecule is CN=C(N)CSc1ccccc1. The van der Waals surface area contributed by atoms with Gasteiger partial charge in [0.2, 0.25) is 0 Å². The van der Waals surface area contributed by atoms with Crippen LogP contribution in [0.25, 0.3) is 0 Å². The van der Waals surface area contributed by atoms with Gasteiger partial charge in [-0.2, -0.15) is 0 Å². The highest BCUT2D eigenvalue weighted by atomic mass is 32.2. The Kier molecular flexibility index (Phi) is 3.67. The van der Waals surface area contributed by atoms with Crippen molar-refractivity contribution in [1.29, 1.82) is 0 Å². The molecular weight excluding hydrogens is 168 g/mol. The van der Waals surface area contributed by atoms with Gasteiger partial charge in [-0.25, -0.2) is 0 Å². The fourth-order valence-electron chi connectivity index (χ4n) is 0.739. The first-order valence-corrected chi connectivity index (χ1v) is 4.70. The molecule has 0 unspecified atom stereocenters. The van der Waals surface area contributed by atoms with E-state index in [0.717, 1.165) is 5.75 Å². The van der Waals surface area contributed by atoms with Crippen LogP contribution in [0, 0.1) is 0 Å². The molecule has 64 valence electrons. The predicted octanol–water partition coefficient (Wildman–Crippen LogP) is 1.77. The second-order valence-electron chi connectivity index (χ2n) is 2.32. The minimum atomic E-state index is 0.684. The van der Waals surface area contributed by atoms with Crippen LogP contribution in [0.5, 0.6) is 0 Å². The van der Waals surface area contributed by atoms with Crippen LogP contribution < -0.4 is 5.73 Å². The van der Waals surface area contributed by atoms with Crippen molar-refractivity contribution in [2.75, 3.05) is 12.8 Å². The van der Waals surface area contributed by atoms with E-state index in [1.54, 1.807) is 18.8 Å². The van der Waals surface area contributed by atoms with Gasteiger partial charge in [-0.05, 0) is 12.1 Å². The first-order valence-electron chi connectivity index (χ1n) is 3.72. The molecule has 0 aliphatic carbocycles. The molecule has 0 saturated carbocycles. The molecule has 12 heavy (non-hydrogen) atoms. The average Bonchev–Trinajstić information content (AvgIpc) is 2.16. The van der Waals surface area contributed by atoms with Crippen molar-refractivity contribution < 1.29 is 0 Å². The Morgan fingerprint density at radius 2 is 2.08 bits per heavy atom. The van der Waals surface area contributed by atoms with Gasteiger partial charge >= 0.3 is 0 Å². The number of hydrogen-bond donors (Lipinski definition) is 1. The zero-order chi connectivity index (χ0) is 8.81. The topological polar surface area (TPSA) is 38.4 Å². The van der Waals surface area contributed by atoms with Crippen LogP contribution in [-0.2, 0) is 0 Å². The zero-order valence-corrected chi connectivity index (χ0v) is 7.84. The van der Waals surface area contributed by atoms with E-state index >= 15 is 0 Å². The van der Waals surface area contributed by atoms with Gasteiger partial charge in [-0.15, -0.1) is 11.8 Å². The van der Waals surface area contributed by atoms with Gasteiger partial charge in [0.1, 0.15) is 5.84 Å². The number of aliphatic imine (C=N–C) groups is 1. The van der Waals surface area contributed by atoms with E-state index in [1.165, 1.54) is 4.90 Å². The van der Waals surface area contributed by atoms with Crippen LogP contribution >= 0.6 is 11.8 Å². The van der Waals surface area contributed by atoms with Gasteiger partial charge in [0, 0.05) is 11.9 Å². The highest BCUT2D eigenvalue weighted by molar-refractivity contribution is 8.00. The zero-order valence-electron chi connectivity index (χ0n) is 7.03. The fourth-order valence-corrected chi connectivity index (χ4v) is 1.53. The molecule has 2 N–H and O–H groups in total. The molecule has 0 amide bonds. The van der Waals surface area contributed by atoms with Crippen LogP contribution in [0.4, 0.5) is 0 Å². The maximum Gasteiger partial charge on any atom is 0.104 e. The highest BCUT2D eigenvalue weighted by Crippen LogP contribution is 2.15. The van der Waals surface area contributed by atoms with Gasteiger partial charge in [0.15, 0.2) is 0 Å². The van der Waals surface area contributed by atoms with E-state index in [9.17, 15) is 0 Å². The third-order valence-corrected chi connectivity index (χ3v) is 2.46. The lowest BCUT2D eigenvalue weighted by Gasteiger charge is -1.99. The summed E-state index contributed by atoms with van der Waals surface area (Å²) < 4.78 is 0. The highest BCUT2D eigenvalue weighted by Gasteiger charge is 1.93. The summed E-state index contributed by atoms with van der Waals surface area (Å²) >= 11 is 1.70. The van der Waals surface area contributed by atoms with Crippen LogP contribution in [0.3, 0.4) is 0 Å². The van der Waals surface area contributed by atoms with Gasteiger partial charge in [-0.1, -0.05) is 18.2 Å². The van der Waals surface area contributed by atoms with Gasteiger partial charge in [0.25, 0.3) is 0 Å². The molecule has 0 spiro atoms. The summed E-state index contributed by atoms with van der Waals surface area (Å²) in [6.07, 6.45) is 0. The van der Waals surface area contributed by atoms with E-state index in [2.05, 4.69) is 17.1 Å². The standard InChI is InChI=1S/C9H12N2S/c1-11-9(10)7-12-8-5-3-2-4-6-8/h2-6H,7H2,1H3,(H2,10,11). The summed E-state index contributed by atoms with van der Waals surface area (Å²) in [5.41, 5.74) is 5.55. The molecule has 2 nitrogen and oxygen atoms in total. The maximum atomic E-state index is 5.55. The Bertz CT molecular complexity index is 256. The molecule has 0 atom stereocenters. The number of rotatable bonds is 3. The van der Waals surface area contributed by atoms with Crippen LogP contribution in [-0.4, -0.2) is 18.6 Å². The molecule has 1 rings (SSSR count). The number of nitrogens with zero attached hydrogens (tertiary/aromatic N) is 1. The number of amidine groups is 1. The molecule has 0 heterocycles. The van der Waals surface area contributed by atoms with E-state index in [0.29, 0.717) is 5.84 Å². The molecular formula is C9H12N2S. The minimum absolute atomic E-state index is 0.684. The van der Waals surface area contributed by atoms with E-state index in [-0.39, 0.29) is 0 Å². The smallest absolute Gasteiger partial charge is 0.104 e. The molecule has 0 radical (unpaired) electrons. The molecule has 3 heteroatoms. The third-order valence-electron chi connectivity index (χ3n) is 1.42. The predicted molar refractivity (Wildman–Crippen MR) is 54.7 cm³/mol. The minimum Gasteiger partial charge on any atom is -0.387 e. The molecule has 0 aliphatic heterocycles. The van der Waals surface area contributed by atoms with Crippen molar-refractivity contribution in [1.82, 2.24) is 0 Å². The van der Waals surface area contributed by atoms with Gasteiger partial charge < -0.3 is 5.73 Å². The fraction of sp³-hybridized carbons (Fsp3) is 0.222. The second-order valence-corrected chi connectivity index (χ2v) is 3.37. The van der Waals surface area contributed by atoms with Crippen molar-refractivity contribution in [2.24, 2.45) is 10.7 Å². The monoisotopic (exact) mass is 180 g/mol. The van der Waals surface area contributed by atoms with E-state index in [1.807, 2.05) is 18.2 Å². The molecule has 0 aliphatic rings. The lowest BCUT2D eigenvalue weighted by molar-refractivity contribution is 1.38. The van der Waals surface area contributed by atoms with E-state index in [4.69, 9.17) is 5.73 Å². The Morgan fingerprint density at radius 3 is 2.67 bits per heavy atom. The summed E-state index contributed by atoms with van der Waals surface area (Å²) in [5, 5.41) is 0.